The number of aliphatic hydroxyl groups is 1. The zero-order valence-electron chi connectivity index (χ0n) is 14.7. The van der Waals surface area contributed by atoms with E-state index in [1.165, 1.54) is 12.1 Å². The molecular weight excluding hydrogens is 375 g/mol. The number of halogens is 3. The smallest absolute Gasteiger partial charge is 0.503 e. The lowest BCUT2D eigenvalue weighted by molar-refractivity contribution is -0.274. The summed E-state index contributed by atoms with van der Waals surface area (Å²) in [5.41, 5.74) is 0.519. The molecule has 0 radical (unpaired) electrons. The van der Waals surface area contributed by atoms with Crippen LogP contribution in [0, 0.1) is 0 Å². The van der Waals surface area contributed by atoms with Crippen LogP contribution in [0.3, 0.4) is 0 Å². The van der Waals surface area contributed by atoms with E-state index in [-0.39, 0.29) is 17.7 Å². The predicted molar refractivity (Wildman–Crippen MR) is 94.7 cm³/mol. The third-order valence-corrected chi connectivity index (χ3v) is 4.27. The van der Waals surface area contributed by atoms with Crippen molar-refractivity contribution in [1.82, 2.24) is 0 Å². The van der Waals surface area contributed by atoms with Crippen molar-refractivity contribution < 1.29 is 32.6 Å². The molecule has 1 atom stereocenters. The Balaban J connectivity index is 2.11. The number of rotatable bonds is 5. The highest BCUT2D eigenvalue weighted by Gasteiger charge is 2.44. The summed E-state index contributed by atoms with van der Waals surface area (Å²) >= 11 is 0. The standard InChI is InChI=1S/C20H16F3NO4/c1-2-15(25)16-17(12-7-4-3-5-8-12)24(19(27)18(16)26)13-9-6-10-14(11-13)28-20(21,22)23/h3-11,17,26H,2H2,1H3. The fourth-order valence-electron chi connectivity index (χ4n) is 3.13. The zero-order chi connectivity index (χ0) is 20.5. The molecule has 0 aromatic heterocycles. The maximum Gasteiger partial charge on any atom is 0.573 e. The second kappa shape index (κ2) is 7.38. The largest absolute Gasteiger partial charge is 0.573 e. The molecule has 1 unspecified atom stereocenters. The van der Waals surface area contributed by atoms with Gasteiger partial charge in [-0.25, -0.2) is 0 Å². The van der Waals surface area contributed by atoms with Crippen LogP contribution < -0.4 is 9.64 Å². The number of carbonyl (C=O) groups is 2. The van der Waals surface area contributed by atoms with Crippen LogP contribution in [0.25, 0.3) is 0 Å². The summed E-state index contributed by atoms with van der Waals surface area (Å²) in [7, 11) is 0. The van der Waals surface area contributed by atoms with Crippen molar-refractivity contribution in [2.24, 2.45) is 0 Å². The average Bonchev–Trinajstić information content (AvgIpc) is 2.92. The highest BCUT2D eigenvalue weighted by molar-refractivity contribution is 6.16. The third kappa shape index (κ3) is 3.71. The minimum atomic E-state index is -4.89. The number of anilines is 1. The van der Waals surface area contributed by atoms with Crippen molar-refractivity contribution in [1.29, 1.82) is 0 Å². The Labute approximate surface area is 158 Å². The summed E-state index contributed by atoms with van der Waals surface area (Å²) in [6.45, 7) is 1.59. The lowest BCUT2D eigenvalue weighted by atomic mass is 9.95. The van der Waals surface area contributed by atoms with Crippen molar-refractivity contribution in [3.05, 3.63) is 71.5 Å². The zero-order valence-corrected chi connectivity index (χ0v) is 14.7. The number of hydrogen-bond acceptors (Lipinski definition) is 4. The van der Waals surface area contributed by atoms with Crippen molar-refractivity contribution in [2.45, 2.75) is 25.7 Å². The van der Waals surface area contributed by atoms with Crippen LogP contribution in [-0.4, -0.2) is 23.2 Å². The molecule has 5 nitrogen and oxygen atoms in total. The molecule has 8 heteroatoms. The van der Waals surface area contributed by atoms with Gasteiger partial charge in [-0.1, -0.05) is 43.3 Å². The van der Waals surface area contributed by atoms with Gasteiger partial charge < -0.3 is 9.84 Å². The number of carbonyl (C=O) groups excluding carboxylic acids is 2. The fraction of sp³-hybridized carbons (Fsp3) is 0.200. The van der Waals surface area contributed by atoms with E-state index >= 15 is 0 Å². The average molecular weight is 391 g/mol. The van der Waals surface area contributed by atoms with Gasteiger partial charge in [-0.2, -0.15) is 0 Å². The summed E-state index contributed by atoms with van der Waals surface area (Å²) in [4.78, 5) is 26.2. The lowest BCUT2D eigenvalue weighted by Crippen LogP contribution is -2.31. The van der Waals surface area contributed by atoms with E-state index in [1.54, 1.807) is 37.3 Å². The maximum atomic E-state index is 12.7. The molecule has 1 amide bonds. The van der Waals surface area contributed by atoms with Gasteiger partial charge in [-0.15, -0.1) is 13.2 Å². The molecule has 0 fully saturated rings. The number of hydrogen-bond donors (Lipinski definition) is 1. The van der Waals surface area contributed by atoms with Gasteiger partial charge in [-0.05, 0) is 17.7 Å². The molecule has 0 saturated carbocycles. The van der Waals surface area contributed by atoms with Crippen LogP contribution in [0.15, 0.2) is 65.9 Å². The molecule has 28 heavy (non-hydrogen) atoms. The molecule has 1 aliphatic heterocycles. The predicted octanol–water partition coefficient (Wildman–Crippen LogP) is 4.46. The second-order valence-corrected chi connectivity index (χ2v) is 6.07. The SMILES string of the molecule is CCC(=O)C1=C(O)C(=O)N(c2cccc(OC(F)(F)F)c2)C1c1ccccc1. The number of benzene rings is 2. The molecule has 1 N–H and O–H groups in total. The van der Waals surface area contributed by atoms with Crippen LogP contribution in [0.2, 0.25) is 0 Å². The van der Waals surface area contributed by atoms with Gasteiger partial charge in [0.1, 0.15) is 5.75 Å². The van der Waals surface area contributed by atoms with Crippen LogP contribution in [-0.2, 0) is 9.59 Å². The molecule has 0 saturated heterocycles. The summed E-state index contributed by atoms with van der Waals surface area (Å²) < 4.78 is 41.6. The normalized spacial score (nSPS) is 17.2. The van der Waals surface area contributed by atoms with Gasteiger partial charge in [0, 0.05) is 18.2 Å². The molecule has 2 aromatic carbocycles. The van der Waals surface area contributed by atoms with E-state index in [1.807, 2.05) is 0 Å². The Bertz CT molecular complexity index is 938. The Kier molecular flexibility index (Phi) is 5.13. The number of ketones is 1. The first-order valence-electron chi connectivity index (χ1n) is 8.43. The molecule has 146 valence electrons. The highest BCUT2D eigenvalue weighted by atomic mass is 19.4. The monoisotopic (exact) mass is 391 g/mol. The van der Waals surface area contributed by atoms with Crippen molar-refractivity contribution >= 4 is 17.4 Å². The summed E-state index contributed by atoms with van der Waals surface area (Å²) in [5.74, 6) is -2.51. The first-order valence-corrected chi connectivity index (χ1v) is 8.43. The molecule has 0 spiro atoms. The van der Waals surface area contributed by atoms with Crippen LogP contribution in [0.1, 0.15) is 24.9 Å². The van der Waals surface area contributed by atoms with E-state index in [0.717, 1.165) is 17.0 Å². The van der Waals surface area contributed by atoms with Gasteiger partial charge in [-0.3, -0.25) is 14.5 Å². The summed E-state index contributed by atoms with van der Waals surface area (Å²) in [6.07, 6.45) is -4.84. The minimum Gasteiger partial charge on any atom is -0.503 e. The van der Waals surface area contributed by atoms with Crippen molar-refractivity contribution in [3.63, 3.8) is 0 Å². The molecule has 3 rings (SSSR count). The van der Waals surface area contributed by atoms with Gasteiger partial charge >= 0.3 is 6.36 Å². The first-order chi connectivity index (χ1) is 13.2. The molecule has 1 heterocycles. The summed E-state index contributed by atoms with van der Waals surface area (Å²) in [6, 6.07) is 12.4. The van der Waals surface area contributed by atoms with Crippen molar-refractivity contribution in [3.8, 4) is 5.75 Å². The Hall–Kier alpha value is -3.29. The van der Waals surface area contributed by atoms with Crippen LogP contribution >= 0.6 is 0 Å². The van der Waals surface area contributed by atoms with Gasteiger partial charge in [0.2, 0.25) is 0 Å². The fourth-order valence-corrected chi connectivity index (χ4v) is 3.13. The number of amides is 1. The maximum absolute atomic E-state index is 12.7. The number of Topliss-reactive ketones (excluding diaryl/α,β-unsaturated/α-hetero) is 1. The number of nitrogens with zero attached hydrogens (tertiary/aromatic N) is 1. The molecule has 2 aromatic rings. The first kappa shape index (κ1) is 19.5. The van der Waals surface area contributed by atoms with Gasteiger partial charge in [0.05, 0.1) is 11.6 Å². The van der Waals surface area contributed by atoms with Gasteiger partial charge in [0.15, 0.2) is 11.5 Å². The number of ether oxygens (including phenoxy) is 1. The lowest BCUT2D eigenvalue weighted by Gasteiger charge is -2.27. The van der Waals surface area contributed by atoms with E-state index in [0.29, 0.717) is 5.56 Å². The number of aliphatic hydroxyl groups excluding tert-OH is 1. The van der Waals surface area contributed by atoms with E-state index in [4.69, 9.17) is 0 Å². The van der Waals surface area contributed by atoms with Crippen LogP contribution in [0.4, 0.5) is 18.9 Å². The van der Waals surface area contributed by atoms with Gasteiger partial charge in [0.25, 0.3) is 5.91 Å². The Morgan fingerprint density at radius 1 is 1.14 bits per heavy atom. The summed E-state index contributed by atoms with van der Waals surface area (Å²) in [5, 5.41) is 10.3. The quantitative estimate of drug-likeness (QED) is 0.817. The molecule has 0 bridgehead atoms. The topological polar surface area (TPSA) is 66.8 Å². The van der Waals surface area contributed by atoms with Crippen molar-refractivity contribution in [2.75, 3.05) is 4.90 Å². The molecule has 0 aliphatic carbocycles. The number of alkyl halides is 3. The molecular formula is C20H16F3NO4. The second-order valence-electron chi connectivity index (χ2n) is 6.07. The minimum absolute atomic E-state index is 0.0566. The third-order valence-electron chi connectivity index (χ3n) is 4.27. The molecule has 1 aliphatic rings. The van der Waals surface area contributed by atoms with E-state index in [9.17, 15) is 27.9 Å². The highest BCUT2D eigenvalue weighted by Crippen LogP contribution is 2.42. The van der Waals surface area contributed by atoms with E-state index in [2.05, 4.69) is 4.74 Å². The Morgan fingerprint density at radius 2 is 1.82 bits per heavy atom. The van der Waals surface area contributed by atoms with Crippen LogP contribution in [0.5, 0.6) is 5.75 Å². The Morgan fingerprint density at radius 3 is 2.43 bits per heavy atom. The van der Waals surface area contributed by atoms with E-state index < -0.39 is 35.6 Å².